The first-order chi connectivity index (χ1) is 4.74. The second kappa shape index (κ2) is 3.22. The van der Waals surface area contributed by atoms with Gasteiger partial charge >= 0.3 is 0 Å². The molecule has 0 aliphatic carbocycles. The molecule has 0 aliphatic heterocycles. The van der Waals surface area contributed by atoms with E-state index >= 15 is 0 Å². The number of halogens is 2. The van der Waals surface area contributed by atoms with Crippen LogP contribution < -0.4 is 5.46 Å². The van der Waals surface area contributed by atoms with Crippen molar-refractivity contribution in [3.05, 3.63) is 16.4 Å². The molecule has 51 valence electrons. The molecule has 0 saturated heterocycles. The van der Waals surface area contributed by atoms with Crippen molar-refractivity contribution < 1.29 is 0 Å². The summed E-state index contributed by atoms with van der Waals surface area (Å²) in [4.78, 5) is 0. The Morgan fingerprint density at radius 3 is 2.60 bits per heavy atom. The molecule has 0 amide bonds. The molecule has 1 aromatic heterocycles. The maximum atomic E-state index is 5.63. The van der Waals surface area contributed by atoms with Gasteiger partial charge in [0.1, 0.15) is 5.15 Å². The summed E-state index contributed by atoms with van der Waals surface area (Å²) in [5, 5.41) is 7.89. The molecule has 0 aliphatic rings. The van der Waals surface area contributed by atoms with Gasteiger partial charge in [0.2, 0.25) is 0 Å². The lowest BCUT2D eigenvalue weighted by atomic mass is 9.75. The Bertz CT molecular complexity index is 241. The first kappa shape index (κ1) is 7.83. The summed E-state index contributed by atoms with van der Waals surface area (Å²) in [6, 6.07) is 1.66. The molecule has 0 fully saturated rings. The van der Waals surface area contributed by atoms with Crippen molar-refractivity contribution in [1.29, 1.82) is 0 Å². The largest absolute Gasteiger partial charge is 0.152 e. The number of hydrogen-bond acceptors (Lipinski definition) is 2. The molecular formula is C5H4BCl2N2. The molecule has 0 bridgehead atoms. The predicted octanol–water partition coefficient (Wildman–Crippen LogP) is 1.16. The van der Waals surface area contributed by atoms with Crippen molar-refractivity contribution in [2.75, 3.05) is 0 Å². The molecule has 0 aromatic carbocycles. The van der Waals surface area contributed by atoms with Crippen LogP contribution in [0.3, 0.4) is 0 Å². The minimum absolute atomic E-state index is 0.359. The Hall–Kier alpha value is -0.275. The van der Waals surface area contributed by atoms with Crippen molar-refractivity contribution in [3.63, 3.8) is 0 Å². The quantitative estimate of drug-likeness (QED) is 0.596. The summed E-state index contributed by atoms with van der Waals surface area (Å²) in [6.07, 6.45) is 0. The Balaban J connectivity index is 3.09. The normalized spacial score (nSPS) is 9.50. The Kier molecular flexibility index (Phi) is 2.52. The van der Waals surface area contributed by atoms with Crippen LogP contribution in [0, 0.1) is 0 Å². The summed E-state index contributed by atoms with van der Waals surface area (Å²) in [6.45, 7) is 1.86. The lowest BCUT2D eigenvalue weighted by Gasteiger charge is -1.96. The van der Waals surface area contributed by atoms with Gasteiger partial charge in [0.05, 0.1) is 0 Å². The van der Waals surface area contributed by atoms with Gasteiger partial charge in [-0.15, -0.1) is 10.2 Å². The third kappa shape index (κ3) is 1.61. The number of rotatable bonds is 1. The molecule has 5 heteroatoms. The van der Waals surface area contributed by atoms with E-state index in [2.05, 4.69) is 10.2 Å². The van der Waals surface area contributed by atoms with Gasteiger partial charge in [-0.3, -0.25) is 0 Å². The predicted molar refractivity (Wildman–Crippen MR) is 43.3 cm³/mol. The van der Waals surface area contributed by atoms with E-state index in [-0.39, 0.29) is 0 Å². The van der Waals surface area contributed by atoms with E-state index in [0.717, 1.165) is 5.46 Å². The van der Waals surface area contributed by atoms with Gasteiger partial charge in [0.25, 0.3) is 0 Å². The Morgan fingerprint density at radius 1 is 1.40 bits per heavy atom. The fraction of sp³-hybridized carbons (Fsp3) is 0.200. The van der Waals surface area contributed by atoms with E-state index < -0.39 is 0 Å². The van der Waals surface area contributed by atoms with Gasteiger partial charge < -0.3 is 0 Å². The van der Waals surface area contributed by atoms with Crippen LogP contribution in [0.4, 0.5) is 0 Å². The summed E-state index contributed by atoms with van der Waals surface area (Å²) < 4.78 is 0. The molecule has 1 radical (unpaired) electrons. The highest BCUT2D eigenvalue weighted by atomic mass is 35.5. The van der Waals surface area contributed by atoms with E-state index in [0.29, 0.717) is 10.3 Å². The Morgan fingerprint density at radius 2 is 2.10 bits per heavy atom. The molecule has 0 spiro atoms. The van der Waals surface area contributed by atoms with E-state index in [1.54, 1.807) is 6.07 Å². The Labute approximate surface area is 69.8 Å². The topological polar surface area (TPSA) is 25.8 Å². The minimum atomic E-state index is 0.359. The van der Waals surface area contributed by atoms with Gasteiger partial charge in [0, 0.05) is 0 Å². The zero-order chi connectivity index (χ0) is 7.56. The maximum Gasteiger partial charge on any atom is 0.152 e. The fourth-order valence-electron chi connectivity index (χ4n) is 0.569. The van der Waals surface area contributed by atoms with Gasteiger partial charge in [-0.05, 0) is 11.5 Å². The van der Waals surface area contributed by atoms with Crippen LogP contribution in [0.15, 0.2) is 6.07 Å². The first-order valence-electron chi connectivity index (χ1n) is 2.72. The molecular weight excluding hydrogens is 170 g/mol. The third-order valence-corrected chi connectivity index (χ3v) is 1.54. The molecule has 10 heavy (non-hydrogen) atoms. The second-order valence-corrected chi connectivity index (χ2v) is 2.45. The average Bonchev–Trinajstić information content (AvgIpc) is 1.94. The van der Waals surface area contributed by atoms with Crippen molar-refractivity contribution in [1.82, 2.24) is 10.2 Å². The molecule has 1 aromatic rings. The van der Waals surface area contributed by atoms with Crippen LogP contribution in [0.2, 0.25) is 17.1 Å². The van der Waals surface area contributed by atoms with Crippen LogP contribution >= 0.6 is 23.2 Å². The lowest BCUT2D eigenvalue weighted by Crippen LogP contribution is -2.14. The lowest BCUT2D eigenvalue weighted by molar-refractivity contribution is 1.04. The monoisotopic (exact) mass is 173 g/mol. The minimum Gasteiger partial charge on any atom is -0.138 e. The van der Waals surface area contributed by atoms with E-state index in [1.165, 1.54) is 0 Å². The standard InChI is InChI=1S/C5H4BCl2N2/c1-6-3-2-4(7)9-10-5(3)8/h2H,1H3. The zero-order valence-corrected chi connectivity index (χ0v) is 6.82. The van der Waals surface area contributed by atoms with Crippen LogP contribution in [-0.4, -0.2) is 17.5 Å². The van der Waals surface area contributed by atoms with Crippen LogP contribution in [-0.2, 0) is 0 Å². The van der Waals surface area contributed by atoms with E-state index in [4.69, 9.17) is 23.2 Å². The van der Waals surface area contributed by atoms with Crippen molar-refractivity contribution in [3.8, 4) is 0 Å². The molecule has 2 nitrogen and oxygen atoms in total. The molecule has 1 rings (SSSR count). The highest BCUT2D eigenvalue weighted by Crippen LogP contribution is 2.03. The summed E-state index contributed by atoms with van der Waals surface area (Å²) in [5.74, 6) is 0. The van der Waals surface area contributed by atoms with Crippen LogP contribution in [0.25, 0.3) is 0 Å². The van der Waals surface area contributed by atoms with Crippen LogP contribution in [0.5, 0.6) is 0 Å². The molecule has 1 heterocycles. The number of aromatic nitrogens is 2. The fourth-order valence-corrected chi connectivity index (χ4v) is 0.925. The molecule has 0 N–H and O–H groups in total. The summed E-state index contributed by atoms with van der Waals surface area (Å²) >= 11 is 11.2. The van der Waals surface area contributed by atoms with Gasteiger partial charge in [-0.2, -0.15) is 0 Å². The van der Waals surface area contributed by atoms with E-state index in [1.807, 2.05) is 14.1 Å². The van der Waals surface area contributed by atoms with E-state index in [9.17, 15) is 0 Å². The summed E-state index contributed by atoms with van der Waals surface area (Å²) in [5.41, 5.74) is 0.807. The van der Waals surface area contributed by atoms with Gasteiger partial charge in [-0.25, -0.2) is 0 Å². The highest BCUT2D eigenvalue weighted by Gasteiger charge is 2.00. The second-order valence-electron chi connectivity index (χ2n) is 1.70. The zero-order valence-electron chi connectivity index (χ0n) is 5.31. The SMILES string of the molecule is C[B]c1cc(Cl)nnc1Cl. The maximum absolute atomic E-state index is 5.63. The molecule has 0 saturated carbocycles. The molecule has 0 atom stereocenters. The van der Waals surface area contributed by atoms with Crippen molar-refractivity contribution in [2.24, 2.45) is 0 Å². The number of hydrogen-bond donors (Lipinski definition) is 0. The van der Waals surface area contributed by atoms with Crippen molar-refractivity contribution in [2.45, 2.75) is 6.82 Å². The number of nitrogens with zero attached hydrogens (tertiary/aromatic N) is 2. The molecule has 0 unspecified atom stereocenters. The average molecular weight is 174 g/mol. The highest BCUT2D eigenvalue weighted by molar-refractivity contribution is 6.57. The van der Waals surface area contributed by atoms with Crippen molar-refractivity contribution >= 4 is 35.9 Å². The smallest absolute Gasteiger partial charge is 0.138 e. The third-order valence-electron chi connectivity index (χ3n) is 1.06. The van der Waals surface area contributed by atoms with Gasteiger partial charge in [0.15, 0.2) is 12.4 Å². The van der Waals surface area contributed by atoms with Gasteiger partial charge in [-0.1, -0.05) is 30.0 Å². The summed E-state index contributed by atoms with van der Waals surface area (Å²) in [7, 11) is 1.82. The van der Waals surface area contributed by atoms with Crippen LogP contribution in [0.1, 0.15) is 0 Å². The first-order valence-corrected chi connectivity index (χ1v) is 3.47.